The zero-order chi connectivity index (χ0) is 35.7. The number of fused-ring (bicyclic) bond motifs is 11. The molecule has 2 heterocycles. The molecule has 0 amide bonds. The molecule has 0 saturated carbocycles. The molecule has 2 aromatic heterocycles. The maximum Gasteiger partial charge on any atom is 0.0794 e. The van der Waals surface area contributed by atoms with Crippen LogP contribution < -0.4 is 0 Å². The highest BCUT2D eigenvalue weighted by Crippen LogP contribution is 2.55. The summed E-state index contributed by atoms with van der Waals surface area (Å²) in [4.78, 5) is 5.39. The zero-order valence-electron chi connectivity index (χ0n) is 30.3. The van der Waals surface area contributed by atoms with Crippen molar-refractivity contribution in [2.24, 2.45) is 0 Å². The van der Waals surface area contributed by atoms with Crippen LogP contribution in [0.3, 0.4) is 0 Å². The first kappa shape index (κ1) is 30.0. The molecule has 54 heavy (non-hydrogen) atoms. The minimum atomic E-state index is -0.117. The summed E-state index contributed by atoms with van der Waals surface area (Å²) in [6.45, 7) is 4.86. The molecule has 0 radical (unpaired) electrons. The first-order chi connectivity index (χ1) is 26.6. The molecule has 0 N–H and O–H groups in total. The normalized spacial score (nSPS) is 14.4. The summed E-state index contributed by atoms with van der Waals surface area (Å²) in [7, 11) is 0. The van der Waals surface area contributed by atoms with E-state index in [2.05, 4.69) is 176 Å². The van der Waals surface area contributed by atoms with Gasteiger partial charge in [0.05, 0.1) is 28.1 Å². The van der Waals surface area contributed by atoms with Crippen LogP contribution in [0.1, 0.15) is 42.5 Å². The Bertz CT molecular complexity index is 3100. The van der Waals surface area contributed by atoms with Crippen LogP contribution in [0.25, 0.3) is 100 Å². The number of aryl methyl sites for hydroxylation is 1. The molecule has 0 aliphatic heterocycles. The van der Waals surface area contributed by atoms with Crippen molar-refractivity contribution in [1.29, 1.82) is 0 Å². The van der Waals surface area contributed by atoms with E-state index in [4.69, 9.17) is 4.98 Å². The second-order valence-electron chi connectivity index (χ2n) is 15.8. The second-order valence-corrected chi connectivity index (χ2v) is 15.8. The number of rotatable bonds is 3. The Morgan fingerprint density at radius 1 is 0.574 bits per heavy atom. The van der Waals surface area contributed by atoms with Crippen molar-refractivity contribution in [3.05, 3.63) is 174 Å². The van der Waals surface area contributed by atoms with E-state index in [0.717, 1.165) is 35.4 Å². The van der Waals surface area contributed by atoms with Crippen LogP contribution in [0, 0.1) is 0 Å². The average molecular weight is 689 g/mol. The van der Waals surface area contributed by atoms with Crippen molar-refractivity contribution >= 4 is 38.7 Å². The number of nitrogens with zero attached hydrogens (tertiary/aromatic N) is 2. The molecule has 9 aromatic rings. The number of benzene rings is 7. The molecule has 254 valence electrons. The summed E-state index contributed by atoms with van der Waals surface area (Å²) in [6.07, 6.45) is 6.98. The van der Waals surface area contributed by atoms with Crippen molar-refractivity contribution in [3.63, 3.8) is 0 Å². The lowest BCUT2D eigenvalue weighted by molar-refractivity contribution is 0.657. The Balaban J connectivity index is 1.13. The van der Waals surface area contributed by atoms with E-state index in [9.17, 15) is 0 Å². The molecular formula is C52H36N2. The van der Waals surface area contributed by atoms with Gasteiger partial charge in [0.1, 0.15) is 0 Å². The fraction of sp³-hybridized carbons (Fsp3) is 0.0962. The molecule has 2 heteroatoms. The van der Waals surface area contributed by atoms with Gasteiger partial charge in [0.25, 0.3) is 0 Å². The minimum absolute atomic E-state index is 0.117. The van der Waals surface area contributed by atoms with E-state index in [1.54, 1.807) is 0 Å². The highest BCUT2D eigenvalue weighted by atomic mass is 15.0. The van der Waals surface area contributed by atoms with Gasteiger partial charge < -0.3 is 4.57 Å². The summed E-state index contributed by atoms with van der Waals surface area (Å²) < 4.78 is 2.54. The minimum Gasteiger partial charge on any atom is -0.309 e. The smallest absolute Gasteiger partial charge is 0.0794 e. The molecule has 7 aromatic carbocycles. The van der Waals surface area contributed by atoms with Crippen molar-refractivity contribution in [1.82, 2.24) is 9.55 Å². The SMILES string of the molecule is CC1(C)c2cc3c(cc2-c2ccc4c(c21)C=CCC4)c1ccccc1n3-c1ccc2c3c(cccc13)-c1c-2cc(-c2ccccc2)nc1-c1ccccc1. The van der Waals surface area contributed by atoms with Gasteiger partial charge in [-0.15, -0.1) is 0 Å². The molecule has 0 bridgehead atoms. The van der Waals surface area contributed by atoms with Crippen LogP contribution in [0.4, 0.5) is 0 Å². The number of hydrogen-bond acceptors (Lipinski definition) is 1. The third-order valence-corrected chi connectivity index (χ3v) is 12.6. The highest BCUT2D eigenvalue weighted by Gasteiger charge is 2.39. The summed E-state index contributed by atoms with van der Waals surface area (Å²) >= 11 is 0. The molecule has 0 unspecified atom stereocenters. The van der Waals surface area contributed by atoms with Gasteiger partial charge in [0.15, 0.2) is 0 Å². The monoisotopic (exact) mass is 688 g/mol. The fourth-order valence-electron chi connectivity index (χ4n) is 10.2. The average Bonchev–Trinajstić information content (AvgIpc) is 3.81. The standard InChI is InChI=1S/C52H36N2/c1-52(2)43-30-47-41(28-40(43)37-25-24-31-14-9-10-19-34(31)50(37)52)35-20-11-12-23-45(35)54(47)46-27-26-36-42-29-44(32-15-5-3-6-16-32)53-51(33-17-7-4-8-18-33)49(42)39-22-13-21-38(46)48(36)39/h3-8,10-13,15-30H,9,14H2,1-2H3. The van der Waals surface area contributed by atoms with Crippen LogP contribution in [0.5, 0.6) is 0 Å². The van der Waals surface area contributed by atoms with E-state index in [-0.39, 0.29) is 5.41 Å². The van der Waals surface area contributed by atoms with Crippen LogP contribution in [-0.4, -0.2) is 9.55 Å². The Hall–Kier alpha value is -6.51. The van der Waals surface area contributed by atoms with Gasteiger partial charge >= 0.3 is 0 Å². The third kappa shape index (κ3) is 3.92. The number of allylic oxidation sites excluding steroid dienone is 1. The number of hydrogen-bond donors (Lipinski definition) is 0. The van der Waals surface area contributed by atoms with Gasteiger partial charge in [0, 0.05) is 38.3 Å². The first-order valence-corrected chi connectivity index (χ1v) is 19.2. The molecule has 0 fully saturated rings. The van der Waals surface area contributed by atoms with Crippen molar-refractivity contribution in [3.8, 4) is 61.6 Å². The Morgan fingerprint density at radius 2 is 1.33 bits per heavy atom. The van der Waals surface area contributed by atoms with Crippen LogP contribution >= 0.6 is 0 Å². The summed E-state index contributed by atoms with van der Waals surface area (Å²) in [5.41, 5.74) is 21.4. The lowest BCUT2D eigenvalue weighted by Gasteiger charge is -2.26. The van der Waals surface area contributed by atoms with Crippen molar-refractivity contribution in [2.45, 2.75) is 32.1 Å². The van der Waals surface area contributed by atoms with Gasteiger partial charge in [-0.25, -0.2) is 4.98 Å². The van der Waals surface area contributed by atoms with E-state index >= 15 is 0 Å². The summed E-state index contributed by atoms with van der Waals surface area (Å²) in [5.74, 6) is 0. The van der Waals surface area contributed by atoms with E-state index < -0.39 is 0 Å². The van der Waals surface area contributed by atoms with Crippen LogP contribution in [0.2, 0.25) is 0 Å². The van der Waals surface area contributed by atoms with Gasteiger partial charge in [0.2, 0.25) is 0 Å². The third-order valence-electron chi connectivity index (χ3n) is 12.6. The highest BCUT2D eigenvalue weighted by molar-refractivity contribution is 6.21. The molecule has 2 nitrogen and oxygen atoms in total. The maximum absolute atomic E-state index is 5.39. The Labute approximate surface area is 314 Å². The number of aromatic nitrogens is 2. The molecule has 0 saturated heterocycles. The fourth-order valence-corrected chi connectivity index (χ4v) is 10.2. The lowest BCUT2D eigenvalue weighted by atomic mass is 9.77. The van der Waals surface area contributed by atoms with Crippen molar-refractivity contribution in [2.75, 3.05) is 0 Å². The zero-order valence-corrected chi connectivity index (χ0v) is 30.3. The molecule has 12 rings (SSSR count). The van der Waals surface area contributed by atoms with Crippen LogP contribution in [0.15, 0.2) is 152 Å². The summed E-state index contributed by atoms with van der Waals surface area (Å²) in [6, 6.07) is 53.9. The topological polar surface area (TPSA) is 17.8 Å². The number of pyridine rings is 1. The van der Waals surface area contributed by atoms with E-state index in [1.165, 1.54) is 93.9 Å². The molecule has 0 spiro atoms. The molecule has 0 atom stereocenters. The molecule has 3 aliphatic carbocycles. The maximum atomic E-state index is 5.39. The molecular weight excluding hydrogens is 653 g/mol. The van der Waals surface area contributed by atoms with Crippen LogP contribution in [-0.2, 0) is 11.8 Å². The molecule has 3 aliphatic rings. The number of para-hydroxylation sites is 1. The first-order valence-electron chi connectivity index (χ1n) is 19.2. The second kappa shape index (κ2) is 10.8. The quantitative estimate of drug-likeness (QED) is 0.181. The van der Waals surface area contributed by atoms with Gasteiger partial charge in [-0.3, -0.25) is 0 Å². The van der Waals surface area contributed by atoms with Gasteiger partial charge in [-0.05, 0) is 98.6 Å². The predicted molar refractivity (Wildman–Crippen MR) is 226 cm³/mol. The Kier molecular flexibility index (Phi) is 5.99. The van der Waals surface area contributed by atoms with Crippen molar-refractivity contribution < 1.29 is 0 Å². The van der Waals surface area contributed by atoms with E-state index in [1.807, 2.05) is 0 Å². The van der Waals surface area contributed by atoms with E-state index in [0.29, 0.717) is 0 Å². The predicted octanol–water partition coefficient (Wildman–Crippen LogP) is 13.6. The lowest BCUT2D eigenvalue weighted by Crippen LogP contribution is -2.18. The Morgan fingerprint density at radius 3 is 2.19 bits per heavy atom. The van der Waals surface area contributed by atoms with Gasteiger partial charge in [-0.1, -0.05) is 141 Å². The summed E-state index contributed by atoms with van der Waals surface area (Å²) in [5, 5.41) is 5.14. The largest absolute Gasteiger partial charge is 0.309 e. The van der Waals surface area contributed by atoms with Gasteiger partial charge in [-0.2, -0.15) is 0 Å².